The standard InChI is InChI=1S/C15H22N4O3S2/c1-3-24(20,21)18-8-14-4-6-16-19(14)15(9-18)5-7-22-10-13-11-23-12(2)17-13/h4,6,11,15H,3,5,7-10H2,1-2H3/t15-/m1/s1. The summed E-state index contributed by atoms with van der Waals surface area (Å²) >= 11 is 1.61. The van der Waals surface area contributed by atoms with Gasteiger partial charge in [-0.05, 0) is 26.3 Å². The fourth-order valence-corrected chi connectivity index (χ4v) is 4.52. The molecule has 2 aromatic heterocycles. The monoisotopic (exact) mass is 370 g/mol. The van der Waals surface area contributed by atoms with Crippen LogP contribution in [0, 0.1) is 6.92 Å². The lowest BCUT2D eigenvalue weighted by Gasteiger charge is -2.33. The molecular weight excluding hydrogens is 348 g/mol. The largest absolute Gasteiger partial charge is 0.375 e. The van der Waals surface area contributed by atoms with Gasteiger partial charge in [-0.2, -0.15) is 9.40 Å². The number of rotatable bonds is 7. The van der Waals surface area contributed by atoms with Crippen LogP contribution in [0.5, 0.6) is 0 Å². The quantitative estimate of drug-likeness (QED) is 0.696. The summed E-state index contributed by atoms with van der Waals surface area (Å²) in [6.07, 6.45) is 2.44. The maximum atomic E-state index is 12.2. The van der Waals surface area contributed by atoms with E-state index in [-0.39, 0.29) is 11.8 Å². The van der Waals surface area contributed by atoms with Gasteiger partial charge in [0.2, 0.25) is 10.0 Å². The first-order chi connectivity index (χ1) is 11.5. The molecule has 3 heterocycles. The molecule has 0 amide bonds. The lowest BCUT2D eigenvalue weighted by molar-refractivity contribution is 0.0973. The van der Waals surface area contributed by atoms with E-state index in [1.54, 1.807) is 28.8 Å². The molecule has 3 rings (SSSR count). The van der Waals surface area contributed by atoms with Gasteiger partial charge in [0.1, 0.15) is 0 Å². The normalized spacial score (nSPS) is 18.7. The van der Waals surface area contributed by atoms with Gasteiger partial charge < -0.3 is 4.74 Å². The molecule has 1 aliphatic rings. The van der Waals surface area contributed by atoms with Crippen LogP contribution in [0.3, 0.4) is 0 Å². The number of nitrogens with zero attached hydrogens (tertiary/aromatic N) is 4. The van der Waals surface area contributed by atoms with Crippen LogP contribution in [0.25, 0.3) is 0 Å². The fourth-order valence-electron chi connectivity index (χ4n) is 2.83. The summed E-state index contributed by atoms with van der Waals surface area (Å²) in [6.45, 7) is 5.52. The van der Waals surface area contributed by atoms with E-state index in [2.05, 4.69) is 10.1 Å². The molecule has 0 aliphatic carbocycles. The van der Waals surface area contributed by atoms with Crippen LogP contribution in [0.4, 0.5) is 0 Å². The molecular formula is C15H22N4O3S2. The van der Waals surface area contributed by atoms with Crippen molar-refractivity contribution in [1.29, 1.82) is 0 Å². The van der Waals surface area contributed by atoms with Crippen molar-refractivity contribution in [1.82, 2.24) is 19.1 Å². The Labute approximate surface area is 146 Å². The van der Waals surface area contributed by atoms with Crippen LogP contribution in [-0.4, -0.2) is 46.4 Å². The van der Waals surface area contributed by atoms with E-state index in [9.17, 15) is 8.42 Å². The van der Waals surface area contributed by atoms with Crippen molar-refractivity contribution in [2.75, 3.05) is 18.9 Å². The van der Waals surface area contributed by atoms with Crippen LogP contribution in [0.1, 0.15) is 35.8 Å². The van der Waals surface area contributed by atoms with Crippen LogP contribution in [-0.2, 0) is 27.9 Å². The lowest BCUT2D eigenvalue weighted by Crippen LogP contribution is -2.42. The third-order valence-electron chi connectivity index (χ3n) is 4.12. The highest BCUT2D eigenvalue weighted by molar-refractivity contribution is 7.89. The van der Waals surface area contributed by atoms with Crippen molar-refractivity contribution in [3.63, 3.8) is 0 Å². The van der Waals surface area contributed by atoms with Gasteiger partial charge in [0, 0.05) is 24.7 Å². The number of sulfonamides is 1. The Kier molecular flexibility index (Phi) is 5.33. The number of ether oxygens (including phenoxy) is 1. The number of fused-ring (bicyclic) bond motifs is 1. The second-order valence-electron chi connectivity index (χ2n) is 5.81. The van der Waals surface area contributed by atoms with Crippen molar-refractivity contribution < 1.29 is 13.2 Å². The molecule has 0 unspecified atom stereocenters. The Balaban J connectivity index is 1.60. The second-order valence-corrected chi connectivity index (χ2v) is 9.13. The molecule has 2 aromatic rings. The molecule has 0 N–H and O–H groups in total. The molecule has 1 aliphatic heterocycles. The Bertz CT molecular complexity index is 784. The molecule has 0 fully saturated rings. The Morgan fingerprint density at radius 1 is 1.46 bits per heavy atom. The van der Waals surface area contributed by atoms with Crippen LogP contribution in [0.2, 0.25) is 0 Å². The Morgan fingerprint density at radius 2 is 2.29 bits per heavy atom. The van der Waals surface area contributed by atoms with E-state index in [1.165, 1.54) is 0 Å². The Hall–Kier alpha value is -1.29. The summed E-state index contributed by atoms with van der Waals surface area (Å²) in [7, 11) is -3.20. The van der Waals surface area contributed by atoms with Gasteiger partial charge in [-0.25, -0.2) is 13.4 Å². The highest BCUT2D eigenvalue weighted by atomic mass is 32.2. The van der Waals surface area contributed by atoms with E-state index in [4.69, 9.17) is 4.74 Å². The number of aryl methyl sites for hydroxylation is 1. The first kappa shape index (κ1) is 17.5. The topological polar surface area (TPSA) is 77.3 Å². The van der Waals surface area contributed by atoms with Gasteiger partial charge in [0.25, 0.3) is 0 Å². The molecule has 9 heteroatoms. The highest BCUT2D eigenvalue weighted by Gasteiger charge is 2.31. The molecule has 1 atom stereocenters. The predicted molar refractivity (Wildman–Crippen MR) is 92.3 cm³/mol. The first-order valence-electron chi connectivity index (χ1n) is 7.98. The SMILES string of the molecule is CCS(=O)(=O)N1Cc2ccnn2[C@H](CCOCc2csc(C)n2)C1. The van der Waals surface area contributed by atoms with Gasteiger partial charge in [0.15, 0.2) is 0 Å². The second kappa shape index (κ2) is 7.30. The van der Waals surface area contributed by atoms with Crippen molar-refractivity contribution in [2.45, 2.75) is 39.5 Å². The van der Waals surface area contributed by atoms with E-state index < -0.39 is 10.0 Å². The third-order valence-corrected chi connectivity index (χ3v) is 6.74. The average Bonchev–Trinajstić information content (AvgIpc) is 3.19. The number of aromatic nitrogens is 3. The highest BCUT2D eigenvalue weighted by Crippen LogP contribution is 2.25. The number of thiazole rings is 1. The summed E-state index contributed by atoms with van der Waals surface area (Å²) in [6, 6.07) is 1.88. The molecule has 0 saturated heterocycles. The smallest absolute Gasteiger partial charge is 0.214 e. The minimum atomic E-state index is -3.20. The Morgan fingerprint density at radius 3 is 3.00 bits per heavy atom. The van der Waals surface area contributed by atoms with Crippen LogP contribution < -0.4 is 0 Å². The summed E-state index contributed by atoms with van der Waals surface area (Å²) in [5, 5.41) is 7.38. The van der Waals surface area contributed by atoms with Crippen LogP contribution in [0.15, 0.2) is 17.6 Å². The first-order valence-corrected chi connectivity index (χ1v) is 10.5. The van der Waals surface area contributed by atoms with E-state index in [1.807, 2.05) is 23.1 Å². The van der Waals surface area contributed by atoms with Gasteiger partial charge in [-0.3, -0.25) is 4.68 Å². The average molecular weight is 371 g/mol. The molecule has 0 bridgehead atoms. The minimum Gasteiger partial charge on any atom is -0.375 e. The number of hydrogen-bond acceptors (Lipinski definition) is 6. The molecule has 0 aromatic carbocycles. The molecule has 132 valence electrons. The molecule has 0 spiro atoms. The zero-order valence-electron chi connectivity index (χ0n) is 13.9. The van der Waals surface area contributed by atoms with Crippen molar-refractivity contribution in [3.05, 3.63) is 34.0 Å². The summed E-state index contributed by atoms with van der Waals surface area (Å²) < 4.78 is 33.6. The summed E-state index contributed by atoms with van der Waals surface area (Å²) in [4.78, 5) is 4.37. The lowest BCUT2D eigenvalue weighted by atomic mass is 10.1. The van der Waals surface area contributed by atoms with Gasteiger partial charge >= 0.3 is 0 Å². The summed E-state index contributed by atoms with van der Waals surface area (Å²) in [5.74, 6) is 0.119. The van der Waals surface area contributed by atoms with E-state index in [0.717, 1.165) is 16.4 Å². The number of hydrogen-bond donors (Lipinski definition) is 0. The molecule has 7 nitrogen and oxygen atoms in total. The molecule has 0 radical (unpaired) electrons. The summed E-state index contributed by atoms with van der Waals surface area (Å²) in [5.41, 5.74) is 1.87. The minimum absolute atomic E-state index is 0.00208. The van der Waals surface area contributed by atoms with Crippen molar-refractivity contribution in [3.8, 4) is 0 Å². The van der Waals surface area contributed by atoms with Crippen LogP contribution >= 0.6 is 11.3 Å². The van der Waals surface area contributed by atoms with E-state index in [0.29, 0.717) is 32.7 Å². The fraction of sp³-hybridized carbons (Fsp3) is 0.600. The third kappa shape index (κ3) is 3.85. The predicted octanol–water partition coefficient (Wildman–Crippen LogP) is 1.96. The van der Waals surface area contributed by atoms with Gasteiger partial charge in [-0.1, -0.05) is 0 Å². The molecule has 24 heavy (non-hydrogen) atoms. The van der Waals surface area contributed by atoms with Gasteiger partial charge in [-0.15, -0.1) is 11.3 Å². The van der Waals surface area contributed by atoms with E-state index >= 15 is 0 Å². The van der Waals surface area contributed by atoms with Gasteiger partial charge in [0.05, 0.1) is 41.3 Å². The van der Waals surface area contributed by atoms with Crippen molar-refractivity contribution >= 4 is 21.4 Å². The molecule has 0 saturated carbocycles. The van der Waals surface area contributed by atoms with Crippen molar-refractivity contribution in [2.24, 2.45) is 0 Å². The zero-order chi connectivity index (χ0) is 17.2. The maximum absolute atomic E-state index is 12.2. The zero-order valence-corrected chi connectivity index (χ0v) is 15.5. The maximum Gasteiger partial charge on any atom is 0.214 e.